The molecule has 0 bridgehead atoms. The summed E-state index contributed by atoms with van der Waals surface area (Å²) in [5, 5.41) is 2.58. The summed E-state index contributed by atoms with van der Waals surface area (Å²) in [4.78, 5) is 25.3. The first kappa shape index (κ1) is 16.6. The smallest absolute Gasteiger partial charge is 0.338 e. The van der Waals surface area contributed by atoms with E-state index in [2.05, 4.69) is 16.2 Å². The number of anilines is 1. The molecule has 0 atom stereocenters. The fourth-order valence-corrected chi connectivity index (χ4v) is 2.56. The molecule has 0 aliphatic heterocycles. The van der Waals surface area contributed by atoms with Crippen molar-refractivity contribution in [1.82, 2.24) is 10.9 Å². The van der Waals surface area contributed by atoms with Gasteiger partial charge in [-0.25, -0.2) is 10.2 Å². The van der Waals surface area contributed by atoms with Gasteiger partial charge in [0, 0.05) is 10.9 Å². The third kappa shape index (κ3) is 4.36. The van der Waals surface area contributed by atoms with Gasteiger partial charge in [-0.05, 0) is 31.2 Å². The molecule has 0 saturated heterocycles. The molecule has 2 aromatic rings. The normalized spacial score (nSPS) is 9.87. The first-order valence-electron chi connectivity index (χ1n) is 6.69. The minimum Gasteiger partial charge on any atom is -0.497 e. The summed E-state index contributed by atoms with van der Waals surface area (Å²) in [5.74, 6) is 0.663. The molecule has 3 N–H and O–H groups in total. The van der Waals surface area contributed by atoms with Crippen molar-refractivity contribution in [2.75, 3.05) is 19.5 Å². The van der Waals surface area contributed by atoms with Gasteiger partial charge in [-0.2, -0.15) is 0 Å². The molecule has 2 rings (SSSR count). The summed E-state index contributed by atoms with van der Waals surface area (Å²) >= 11 is 1.34. The average molecular weight is 335 g/mol. The van der Waals surface area contributed by atoms with Crippen molar-refractivity contribution in [3.8, 4) is 11.5 Å². The molecule has 0 spiro atoms. The topological polar surface area (TPSA) is 88.7 Å². The van der Waals surface area contributed by atoms with Crippen molar-refractivity contribution in [3.63, 3.8) is 0 Å². The number of aryl methyl sites for hydroxylation is 1. The Bertz CT molecular complexity index is 714. The van der Waals surface area contributed by atoms with E-state index in [0.29, 0.717) is 22.1 Å². The Morgan fingerprint density at radius 2 is 1.83 bits per heavy atom. The lowest BCUT2D eigenvalue weighted by molar-refractivity contribution is 0.0942. The fourth-order valence-electron chi connectivity index (χ4n) is 1.80. The van der Waals surface area contributed by atoms with Gasteiger partial charge in [0.15, 0.2) is 0 Å². The zero-order chi connectivity index (χ0) is 16.8. The van der Waals surface area contributed by atoms with Gasteiger partial charge >= 0.3 is 6.03 Å². The Kier molecular flexibility index (Phi) is 5.42. The highest BCUT2D eigenvalue weighted by molar-refractivity contribution is 7.13. The van der Waals surface area contributed by atoms with Gasteiger partial charge in [-0.15, -0.1) is 11.3 Å². The van der Waals surface area contributed by atoms with E-state index in [9.17, 15) is 9.59 Å². The van der Waals surface area contributed by atoms with E-state index in [1.165, 1.54) is 25.6 Å². The summed E-state index contributed by atoms with van der Waals surface area (Å²) in [6.45, 7) is 1.90. The summed E-state index contributed by atoms with van der Waals surface area (Å²) in [6.07, 6.45) is 0. The molecule has 1 heterocycles. The van der Waals surface area contributed by atoms with Crippen LogP contribution in [0.4, 0.5) is 10.5 Å². The van der Waals surface area contributed by atoms with E-state index < -0.39 is 6.03 Å². The number of carbonyl (C=O) groups is 2. The van der Waals surface area contributed by atoms with Crippen LogP contribution in [-0.4, -0.2) is 26.2 Å². The zero-order valence-electron chi connectivity index (χ0n) is 12.9. The number of carbonyl (C=O) groups excluding carboxylic acids is 2. The number of amides is 3. The monoisotopic (exact) mass is 335 g/mol. The van der Waals surface area contributed by atoms with Crippen molar-refractivity contribution in [3.05, 3.63) is 40.1 Å². The Morgan fingerprint density at radius 3 is 2.43 bits per heavy atom. The number of thiophene rings is 1. The van der Waals surface area contributed by atoms with Gasteiger partial charge in [0.2, 0.25) is 0 Å². The fraction of sp³-hybridized carbons (Fsp3) is 0.200. The van der Waals surface area contributed by atoms with Gasteiger partial charge in [0.05, 0.1) is 24.8 Å². The molecule has 0 unspecified atom stereocenters. The Balaban J connectivity index is 1.95. The maximum Gasteiger partial charge on any atom is 0.338 e. The maximum absolute atomic E-state index is 11.9. The number of hydrogen-bond acceptors (Lipinski definition) is 5. The van der Waals surface area contributed by atoms with Gasteiger partial charge in [-0.1, -0.05) is 0 Å². The molecule has 1 aromatic heterocycles. The Labute approximate surface area is 137 Å². The number of methoxy groups -OCH3 is 2. The molecule has 1 aromatic carbocycles. The van der Waals surface area contributed by atoms with Gasteiger partial charge in [0.25, 0.3) is 5.91 Å². The SMILES string of the molecule is COc1ccc(OC)c(NC(=O)NNC(=O)c2ccc(C)s2)c1. The number of ether oxygens (including phenoxy) is 2. The third-order valence-corrected chi connectivity index (χ3v) is 3.91. The van der Waals surface area contributed by atoms with E-state index in [4.69, 9.17) is 9.47 Å². The summed E-state index contributed by atoms with van der Waals surface area (Å²) < 4.78 is 10.3. The summed E-state index contributed by atoms with van der Waals surface area (Å²) in [7, 11) is 3.01. The van der Waals surface area contributed by atoms with E-state index in [0.717, 1.165) is 4.88 Å². The van der Waals surface area contributed by atoms with Crippen LogP contribution in [0.5, 0.6) is 11.5 Å². The highest BCUT2D eigenvalue weighted by atomic mass is 32.1. The first-order valence-corrected chi connectivity index (χ1v) is 7.51. The summed E-state index contributed by atoms with van der Waals surface area (Å²) in [6, 6.07) is 7.92. The molecular formula is C15H17N3O4S. The zero-order valence-corrected chi connectivity index (χ0v) is 13.7. The number of hydrazine groups is 1. The lowest BCUT2D eigenvalue weighted by Crippen LogP contribution is -2.43. The molecule has 0 fully saturated rings. The molecule has 0 saturated carbocycles. The number of benzene rings is 1. The predicted octanol–water partition coefficient (Wildman–Crippen LogP) is 2.54. The Morgan fingerprint density at radius 1 is 1.04 bits per heavy atom. The molecule has 7 nitrogen and oxygen atoms in total. The van der Waals surface area contributed by atoms with Crippen molar-refractivity contribution in [2.45, 2.75) is 6.92 Å². The lowest BCUT2D eigenvalue weighted by atomic mass is 10.2. The van der Waals surface area contributed by atoms with Crippen LogP contribution in [0.3, 0.4) is 0 Å². The second-order valence-electron chi connectivity index (χ2n) is 4.51. The number of rotatable bonds is 4. The van der Waals surface area contributed by atoms with Crippen molar-refractivity contribution < 1.29 is 19.1 Å². The second-order valence-corrected chi connectivity index (χ2v) is 5.80. The van der Waals surface area contributed by atoms with Crippen molar-refractivity contribution >= 4 is 29.0 Å². The van der Waals surface area contributed by atoms with Crippen LogP contribution in [0, 0.1) is 6.92 Å². The van der Waals surface area contributed by atoms with Crippen LogP contribution in [0.2, 0.25) is 0 Å². The third-order valence-electron chi connectivity index (χ3n) is 2.91. The molecule has 23 heavy (non-hydrogen) atoms. The molecular weight excluding hydrogens is 318 g/mol. The average Bonchev–Trinajstić information content (AvgIpc) is 2.99. The van der Waals surface area contributed by atoms with Crippen molar-refractivity contribution in [2.24, 2.45) is 0 Å². The predicted molar refractivity (Wildman–Crippen MR) is 88.2 cm³/mol. The van der Waals surface area contributed by atoms with E-state index in [-0.39, 0.29) is 5.91 Å². The molecule has 0 aliphatic carbocycles. The van der Waals surface area contributed by atoms with Crippen LogP contribution in [-0.2, 0) is 0 Å². The maximum atomic E-state index is 11.9. The highest BCUT2D eigenvalue weighted by Gasteiger charge is 2.11. The molecule has 0 aliphatic rings. The number of urea groups is 1. The van der Waals surface area contributed by atoms with Crippen LogP contribution in [0.15, 0.2) is 30.3 Å². The minimum absolute atomic E-state index is 0.379. The molecule has 122 valence electrons. The van der Waals surface area contributed by atoms with Crippen LogP contribution >= 0.6 is 11.3 Å². The molecule has 8 heteroatoms. The van der Waals surface area contributed by atoms with Crippen molar-refractivity contribution in [1.29, 1.82) is 0 Å². The Hall–Kier alpha value is -2.74. The van der Waals surface area contributed by atoms with E-state index in [1.807, 2.05) is 13.0 Å². The molecule has 3 amide bonds. The van der Waals surface area contributed by atoms with Crippen LogP contribution in [0.25, 0.3) is 0 Å². The second kappa shape index (κ2) is 7.50. The standard InChI is InChI=1S/C15H17N3O4S/c1-9-4-7-13(23-9)14(19)17-18-15(20)16-11-8-10(21-2)5-6-12(11)22-3/h4-8H,1-3H3,(H,17,19)(H2,16,18,20). The van der Waals surface area contributed by atoms with E-state index >= 15 is 0 Å². The largest absolute Gasteiger partial charge is 0.497 e. The van der Waals surface area contributed by atoms with Gasteiger partial charge in [0.1, 0.15) is 11.5 Å². The van der Waals surface area contributed by atoms with Gasteiger partial charge < -0.3 is 14.8 Å². The quantitative estimate of drug-likeness (QED) is 0.749. The van der Waals surface area contributed by atoms with Crippen LogP contribution < -0.4 is 25.6 Å². The number of nitrogens with one attached hydrogen (secondary N) is 3. The first-order chi connectivity index (χ1) is 11.0. The lowest BCUT2D eigenvalue weighted by Gasteiger charge is -2.12. The number of hydrogen-bond donors (Lipinski definition) is 3. The van der Waals surface area contributed by atoms with Gasteiger partial charge in [-0.3, -0.25) is 10.2 Å². The molecule has 0 radical (unpaired) electrons. The highest BCUT2D eigenvalue weighted by Crippen LogP contribution is 2.28. The minimum atomic E-state index is -0.599. The van der Waals surface area contributed by atoms with E-state index in [1.54, 1.807) is 24.3 Å². The van der Waals surface area contributed by atoms with Crippen LogP contribution in [0.1, 0.15) is 14.5 Å². The summed E-state index contributed by atoms with van der Waals surface area (Å²) in [5.41, 5.74) is 5.05.